The highest BCUT2D eigenvalue weighted by Crippen LogP contribution is 2.55. The average molecular weight is 389 g/mol. The maximum absolute atomic E-state index is 9.42. The van der Waals surface area contributed by atoms with Crippen LogP contribution >= 0.6 is 0 Å². The van der Waals surface area contributed by atoms with Crippen molar-refractivity contribution in [1.29, 1.82) is 31.6 Å². The van der Waals surface area contributed by atoms with Gasteiger partial charge in [-0.2, -0.15) is 31.6 Å². The van der Waals surface area contributed by atoms with Crippen LogP contribution in [0.2, 0.25) is 0 Å². The summed E-state index contributed by atoms with van der Waals surface area (Å²) in [5.41, 5.74) is 0.970. The van der Waals surface area contributed by atoms with Crippen LogP contribution in [0.15, 0.2) is 20.0 Å². The third-order valence-electron chi connectivity index (χ3n) is 4.28. The molecular formula is C19H7N11. The summed E-state index contributed by atoms with van der Waals surface area (Å²) in [6, 6.07) is 10.1. The van der Waals surface area contributed by atoms with Crippen molar-refractivity contribution in [2.24, 2.45) is 25.9 Å². The van der Waals surface area contributed by atoms with Crippen molar-refractivity contribution in [3.63, 3.8) is 0 Å². The molecule has 11 heteroatoms. The van der Waals surface area contributed by atoms with Crippen LogP contribution in [0.1, 0.15) is 5.56 Å². The van der Waals surface area contributed by atoms with Crippen LogP contribution in [0.4, 0.5) is 28.4 Å². The predicted molar refractivity (Wildman–Crippen MR) is 105 cm³/mol. The second kappa shape index (κ2) is 8.12. The molecule has 0 radical (unpaired) electrons. The van der Waals surface area contributed by atoms with Crippen LogP contribution in [0.25, 0.3) is 0 Å². The fraction of sp³-hybridized carbons (Fsp3) is 0.158. The first-order valence-corrected chi connectivity index (χ1v) is 8.23. The first kappa shape index (κ1) is 19.4. The Bertz CT molecular complexity index is 1210. The first-order valence-electron chi connectivity index (χ1n) is 8.23. The molecule has 0 saturated carbocycles. The summed E-state index contributed by atoms with van der Waals surface area (Å²) in [6.45, 7) is 0. The van der Waals surface area contributed by atoms with Crippen LogP contribution in [0.3, 0.4) is 0 Å². The predicted octanol–water partition coefficient (Wildman–Crippen LogP) is 2.34. The maximum atomic E-state index is 9.42. The molecule has 11 nitrogen and oxygen atoms in total. The lowest BCUT2D eigenvalue weighted by molar-refractivity contribution is 0.849. The number of anilines is 1. The molecule has 2 aliphatic rings. The molecule has 0 fully saturated rings. The number of hydrogen-bond acceptors (Lipinski definition) is 11. The molecule has 0 aromatic heterocycles. The summed E-state index contributed by atoms with van der Waals surface area (Å²) >= 11 is 0. The number of nitrogens with zero attached hydrogens (tertiary/aromatic N) is 10. The van der Waals surface area contributed by atoms with Gasteiger partial charge in [-0.1, -0.05) is 0 Å². The molecule has 138 valence electrons. The van der Waals surface area contributed by atoms with E-state index in [4.69, 9.17) is 10.5 Å². The summed E-state index contributed by atoms with van der Waals surface area (Å²) in [7, 11) is 0. The molecule has 0 amide bonds. The zero-order chi connectivity index (χ0) is 21.7. The highest BCUT2D eigenvalue weighted by atomic mass is 15.1. The molecule has 2 aliphatic heterocycles. The van der Waals surface area contributed by atoms with Crippen molar-refractivity contribution in [1.82, 2.24) is 0 Å². The van der Waals surface area contributed by atoms with E-state index in [1.807, 2.05) is 24.3 Å². The van der Waals surface area contributed by atoms with Gasteiger partial charge in [0.2, 0.25) is 0 Å². The Morgan fingerprint density at radius 1 is 0.833 bits per heavy atom. The van der Waals surface area contributed by atoms with E-state index in [-0.39, 0.29) is 40.6 Å². The van der Waals surface area contributed by atoms with Gasteiger partial charge in [-0.25, -0.2) is 20.0 Å². The van der Waals surface area contributed by atoms with E-state index < -0.39 is 12.0 Å². The van der Waals surface area contributed by atoms with Gasteiger partial charge in [-0.05, 0) is 6.42 Å². The Labute approximate surface area is 170 Å². The Hall–Kier alpha value is -5.36. The molecule has 1 aromatic rings. The molecule has 2 heterocycles. The Morgan fingerprint density at radius 2 is 1.43 bits per heavy atom. The van der Waals surface area contributed by atoms with Gasteiger partial charge in [0.25, 0.3) is 0 Å². The van der Waals surface area contributed by atoms with E-state index in [2.05, 4.69) is 25.3 Å². The van der Waals surface area contributed by atoms with Gasteiger partial charge in [0, 0.05) is 5.56 Å². The van der Waals surface area contributed by atoms with Crippen molar-refractivity contribution < 1.29 is 0 Å². The Balaban J connectivity index is 2.50. The van der Waals surface area contributed by atoms with Crippen LogP contribution in [0.5, 0.6) is 0 Å². The van der Waals surface area contributed by atoms with Gasteiger partial charge in [-0.3, -0.25) is 0 Å². The molecular weight excluding hydrogens is 382 g/mol. The molecule has 30 heavy (non-hydrogen) atoms. The van der Waals surface area contributed by atoms with E-state index >= 15 is 0 Å². The average Bonchev–Trinajstić information content (AvgIpc) is 2.79. The van der Waals surface area contributed by atoms with Gasteiger partial charge < -0.3 is 5.32 Å². The Kier molecular flexibility index (Phi) is 5.25. The van der Waals surface area contributed by atoms with Crippen molar-refractivity contribution in [2.75, 3.05) is 5.32 Å². The lowest BCUT2D eigenvalue weighted by Gasteiger charge is -2.28. The summed E-state index contributed by atoms with van der Waals surface area (Å²) in [6.07, 6.45) is 1.91. The van der Waals surface area contributed by atoms with Gasteiger partial charge >= 0.3 is 0 Å². The minimum absolute atomic E-state index is 0.0323. The molecule has 0 spiro atoms. The first-order chi connectivity index (χ1) is 14.6. The number of nitriles is 6. The van der Waals surface area contributed by atoms with E-state index in [0.717, 1.165) is 12.4 Å². The second-order valence-electron chi connectivity index (χ2n) is 5.83. The largest absolute Gasteiger partial charge is 0.362 e. The van der Waals surface area contributed by atoms with Crippen molar-refractivity contribution in [2.45, 2.75) is 12.5 Å². The minimum atomic E-state index is -1.05. The van der Waals surface area contributed by atoms with E-state index in [1.54, 1.807) is 12.1 Å². The highest BCUT2D eigenvalue weighted by molar-refractivity contribution is 6.15. The van der Waals surface area contributed by atoms with Gasteiger partial charge in [0.15, 0.2) is 11.8 Å². The second-order valence-corrected chi connectivity index (χ2v) is 5.83. The lowest BCUT2D eigenvalue weighted by atomic mass is 9.88. The zero-order valence-corrected chi connectivity index (χ0v) is 15.0. The lowest BCUT2D eigenvalue weighted by Crippen LogP contribution is -2.31. The molecule has 3 rings (SSSR count). The fourth-order valence-corrected chi connectivity index (χ4v) is 3.05. The SMILES string of the molecule is N#CC=Nc1c2c(c3c(c1N=CC#N)N=C(C#N)C(C#N)N3)CC(C#N)C(C#N)=N2. The zero-order valence-electron chi connectivity index (χ0n) is 15.0. The van der Waals surface area contributed by atoms with Gasteiger partial charge in [-0.15, -0.1) is 0 Å². The quantitative estimate of drug-likeness (QED) is 0.746. The van der Waals surface area contributed by atoms with Crippen LogP contribution < -0.4 is 5.32 Å². The van der Waals surface area contributed by atoms with Crippen LogP contribution in [-0.2, 0) is 6.42 Å². The summed E-state index contributed by atoms with van der Waals surface area (Å²) < 4.78 is 0. The summed E-state index contributed by atoms with van der Waals surface area (Å²) in [4.78, 5) is 16.6. The molecule has 0 saturated heterocycles. The Morgan fingerprint density at radius 3 is 1.97 bits per heavy atom. The number of aliphatic imine (C=N–C) groups is 4. The fourth-order valence-electron chi connectivity index (χ4n) is 3.05. The van der Waals surface area contributed by atoms with E-state index in [1.165, 1.54) is 0 Å². The third-order valence-corrected chi connectivity index (χ3v) is 4.28. The smallest absolute Gasteiger partial charge is 0.167 e. The molecule has 0 bridgehead atoms. The van der Waals surface area contributed by atoms with E-state index in [9.17, 15) is 21.0 Å². The maximum Gasteiger partial charge on any atom is 0.167 e. The summed E-state index contributed by atoms with van der Waals surface area (Å²) in [5, 5.41) is 58.3. The monoisotopic (exact) mass is 389 g/mol. The number of rotatable bonds is 2. The number of hydrogen-bond donors (Lipinski definition) is 1. The van der Waals surface area contributed by atoms with E-state index in [0.29, 0.717) is 11.3 Å². The van der Waals surface area contributed by atoms with Crippen molar-refractivity contribution in [3.8, 4) is 36.4 Å². The molecule has 2 atom stereocenters. The third kappa shape index (κ3) is 3.08. The molecule has 1 aromatic carbocycles. The van der Waals surface area contributed by atoms with Crippen molar-refractivity contribution >= 4 is 52.3 Å². The van der Waals surface area contributed by atoms with Crippen LogP contribution in [-0.4, -0.2) is 29.9 Å². The topological polar surface area (TPSA) is 204 Å². The molecule has 1 N–H and O–H groups in total. The number of benzene rings is 1. The van der Waals surface area contributed by atoms with Gasteiger partial charge in [0.1, 0.15) is 65.4 Å². The normalized spacial score (nSPS) is 18.7. The molecule has 0 aliphatic carbocycles. The van der Waals surface area contributed by atoms with Gasteiger partial charge in [0.05, 0.1) is 23.5 Å². The highest BCUT2D eigenvalue weighted by Gasteiger charge is 2.35. The molecule has 2 unspecified atom stereocenters. The standard InChI is InChI=1S/C19H7N11/c20-1-3-26-17-15-11(5-10(6-22)12(7-23)28-15)16-19(18(17)27-4-2-21)30-14(9-25)13(8-24)29-16/h3-4,10,13,29H,5H2. The van der Waals surface area contributed by atoms with Crippen LogP contribution in [0, 0.1) is 73.9 Å². The summed E-state index contributed by atoms with van der Waals surface area (Å²) in [5.74, 6) is -0.837. The number of fused-ring (bicyclic) bond motifs is 3. The minimum Gasteiger partial charge on any atom is -0.362 e. The number of nitrogens with one attached hydrogen (secondary N) is 1. The van der Waals surface area contributed by atoms with Crippen molar-refractivity contribution in [3.05, 3.63) is 5.56 Å².